The van der Waals surface area contributed by atoms with Crippen molar-refractivity contribution in [2.45, 2.75) is 44.2 Å². The summed E-state index contributed by atoms with van der Waals surface area (Å²) in [6.07, 6.45) is -0.0527. The molecule has 198 valence electrons. The molecule has 3 aromatic rings. The van der Waals surface area contributed by atoms with Crippen LogP contribution in [0.25, 0.3) is 0 Å². The van der Waals surface area contributed by atoms with Gasteiger partial charge in [0.05, 0.1) is 4.90 Å². The van der Waals surface area contributed by atoms with E-state index in [2.05, 4.69) is 5.32 Å². The summed E-state index contributed by atoms with van der Waals surface area (Å²) in [5, 5.41) is 24.8. The molecular formula is C28H35N3O5S. The van der Waals surface area contributed by atoms with Gasteiger partial charge in [0.1, 0.15) is 11.5 Å². The maximum Gasteiger partial charge on any atom is 0.251 e. The number of rotatable bonds is 11. The number of nitrogens with zero attached hydrogens (tertiary/aromatic N) is 1. The molecule has 8 nitrogen and oxygen atoms in total. The van der Waals surface area contributed by atoms with Crippen LogP contribution in [0.15, 0.2) is 77.7 Å². The van der Waals surface area contributed by atoms with Gasteiger partial charge in [-0.05, 0) is 48.7 Å². The van der Waals surface area contributed by atoms with Gasteiger partial charge in [-0.2, -0.15) is 4.31 Å². The SMILES string of the molecule is Cc1c(O)cccc1C(=O)NCCC(O)(Cc1ccccc1)N(CC(C)C)S(=O)(=O)c1cccc(N)c1. The van der Waals surface area contributed by atoms with E-state index >= 15 is 0 Å². The van der Waals surface area contributed by atoms with Gasteiger partial charge in [-0.3, -0.25) is 4.79 Å². The van der Waals surface area contributed by atoms with E-state index in [4.69, 9.17) is 5.73 Å². The number of phenols is 1. The Kier molecular flexibility index (Phi) is 8.96. The zero-order chi connectivity index (χ0) is 27.2. The van der Waals surface area contributed by atoms with Crippen LogP contribution in [-0.4, -0.2) is 47.7 Å². The molecule has 0 bridgehead atoms. The summed E-state index contributed by atoms with van der Waals surface area (Å²) < 4.78 is 28.8. The lowest BCUT2D eigenvalue weighted by atomic mass is 9.98. The normalized spacial score (nSPS) is 13.5. The third-order valence-corrected chi connectivity index (χ3v) is 8.05. The Morgan fingerprint density at radius 1 is 1.05 bits per heavy atom. The van der Waals surface area contributed by atoms with Gasteiger partial charge in [0.15, 0.2) is 0 Å². The summed E-state index contributed by atoms with van der Waals surface area (Å²) in [5.41, 5.74) is 5.80. The van der Waals surface area contributed by atoms with E-state index in [0.29, 0.717) is 16.8 Å². The second-order valence-electron chi connectivity index (χ2n) is 9.60. The molecule has 1 unspecified atom stereocenters. The van der Waals surface area contributed by atoms with Crippen LogP contribution in [-0.2, 0) is 16.4 Å². The molecular weight excluding hydrogens is 490 g/mol. The number of benzene rings is 3. The van der Waals surface area contributed by atoms with Crippen molar-refractivity contribution < 1.29 is 23.4 Å². The standard InChI is InChI=1S/C28H35N3O5S/c1-20(2)19-31(37(35,36)24-12-7-11-23(29)17-24)28(34,18-22-9-5-4-6-10-22)15-16-30-27(33)25-13-8-14-26(32)21(25)3/h4-14,17,20,32,34H,15-16,18-19,29H2,1-3H3,(H,30,33). The van der Waals surface area contributed by atoms with Gasteiger partial charge in [-0.25, -0.2) is 8.42 Å². The number of anilines is 1. The third kappa shape index (κ3) is 6.88. The quantitative estimate of drug-likeness (QED) is 0.223. The van der Waals surface area contributed by atoms with Crippen molar-refractivity contribution in [2.24, 2.45) is 5.92 Å². The van der Waals surface area contributed by atoms with Crippen LogP contribution in [0, 0.1) is 12.8 Å². The molecule has 0 aliphatic heterocycles. The van der Waals surface area contributed by atoms with Crippen LogP contribution in [0.4, 0.5) is 5.69 Å². The highest BCUT2D eigenvalue weighted by molar-refractivity contribution is 7.89. The van der Waals surface area contributed by atoms with Crippen molar-refractivity contribution in [3.63, 3.8) is 0 Å². The lowest BCUT2D eigenvalue weighted by molar-refractivity contribution is -0.0700. The summed E-state index contributed by atoms with van der Waals surface area (Å²) >= 11 is 0. The molecule has 0 aromatic heterocycles. The maximum atomic E-state index is 13.9. The zero-order valence-corrected chi connectivity index (χ0v) is 22.2. The second-order valence-corrected chi connectivity index (χ2v) is 11.5. The Bertz CT molecular complexity index is 1330. The monoisotopic (exact) mass is 525 g/mol. The van der Waals surface area contributed by atoms with Crippen LogP contribution >= 0.6 is 0 Å². The Labute approximate surface area is 218 Å². The van der Waals surface area contributed by atoms with E-state index in [0.717, 1.165) is 9.87 Å². The van der Waals surface area contributed by atoms with Crippen molar-refractivity contribution in [1.29, 1.82) is 0 Å². The number of amides is 1. The first kappa shape index (κ1) is 28.2. The molecule has 0 radical (unpaired) electrons. The number of aromatic hydroxyl groups is 1. The highest BCUT2D eigenvalue weighted by atomic mass is 32.2. The van der Waals surface area contributed by atoms with Crippen LogP contribution in [0.2, 0.25) is 0 Å². The number of sulfonamides is 1. The number of nitrogens with one attached hydrogen (secondary N) is 1. The minimum absolute atomic E-state index is 0.00168. The number of aliphatic hydroxyl groups is 1. The molecule has 0 saturated heterocycles. The average molecular weight is 526 g/mol. The fourth-order valence-electron chi connectivity index (χ4n) is 4.19. The van der Waals surface area contributed by atoms with Crippen LogP contribution in [0.5, 0.6) is 5.75 Å². The molecule has 1 atom stereocenters. The predicted octanol–water partition coefficient (Wildman–Crippen LogP) is 3.68. The highest BCUT2D eigenvalue weighted by Crippen LogP contribution is 2.31. The van der Waals surface area contributed by atoms with Gasteiger partial charge in [-0.1, -0.05) is 56.3 Å². The lowest BCUT2D eigenvalue weighted by Crippen LogP contribution is -2.55. The average Bonchev–Trinajstić information content (AvgIpc) is 2.84. The molecule has 0 aliphatic rings. The zero-order valence-electron chi connectivity index (χ0n) is 21.4. The first-order chi connectivity index (χ1) is 17.4. The van der Waals surface area contributed by atoms with E-state index in [1.54, 1.807) is 31.2 Å². The minimum Gasteiger partial charge on any atom is -0.508 e. The van der Waals surface area contributed by atoms with Crippen molar-refractivity contribution in [3.8, 4) is 5.75 Å². The van der Waals surface area contributed by atoms with Gasteiger partial charge in [-0.15, -0.1) is 0 Å². The van der Waals surface area contributed by atoms with E-state index in [-0.39, 0.29) is 42.5 Å². The molecule has 3 aromatic carbocycles. The van der Waals surface area contributed by atoms with Gasteiger partial charge in [0, 0.05) is 42.7 Å². The number of phenolic OH excluding ortho intramolecular Hbond substituents is 1. The van der Waals surface area contributed by atoms with Gasteiger partial charge < -0.3 is 21.3 Å². The first-order valence-corrected chi connectivity index (χ1v) is 13.6. The van der Waals surface area contributed by atoms with E-state index in [9.17, 15) is 23.4 Å². The van der Waals surface area contributed by atoms with Gasteiger partial charge in [0.2, 0.25) is 10.0 Å². The number of carbonyl (C=O) groups is 1. The molecule has 37 heavy (non-hydrogen) atoms. The van der Waals surface area contributed by atoms with E-state index < -0.39 is 21.7 Å². The van der Waals surface area contributed by atoms with E-state index in [1.165, 1.54) is 18.2 Å². The summed E-state index contributed by atoms with van der Waals surface area (Å²) in [4.78, 5) is 12.8. The molecule has 3 rings (SSSR count). The highest BCUT2D eigenvalue weighted by Gasteiger charge is 2.43. The summed E-state index contributed by atoms with van der Waals surface area (Å²) in [6, 6.07) is 19.8. The number of hydrogen-bond donors (Lipinski definition) is 4. The fraction of sp³-hybridized carbons (Fsp3) is 0.321. The van der Waals surface area contributed by atoms with Gasteiger partial charge in [0.25, 0.3) is 5.91 Å². The molecule has 5 N–H and O–H groups in total. The smallest absolute Gasteiger partial charge is 0.251 e. The lowest BCUT2D eigenvalue weighted by Gasteiger charge is -2.40. The molecule has 0 saturated carbocycles. The maximum absolute atomic E-state index is 13.9. The first-order valence-electron chi connectivity index (χ1n) is 12.2. The summed E-state index contributed by atoms with van der Waals surface area (Å²) in [5.74, 6) is -0.517. The Balaban J connectivity index is 1.96. The van der Waals surface area contributed by atoms with E-state index in [1.807, 2.05) is 44.2 Å². The number of hydrogen-bond acceptors (Lipinski definition) is 6. The minimum atomic E-state index is -4.15. The van der Waals surface area contributed by atoms with Crippen molar-refractivity contribution in [3.05, 3.63) is 89.5 Å². The molecule has 0 aliphatic carbocycles. The molecule has 9 heteroatoms. The molecule has 0 fully saturated rings. The number of carbonyl (C=O) groups excluding carboxylic acids is 1. The summed E-state index contributed by atoms with van der Waals surface area (Å²) in [7, 11) is -4.15. The van der Waals surface area contributed by atoms with Crippen LogP contribution in [0.1, 0.15) is 41.8 Å². The Morgan fingerprint density at radius 2 is 1.73 bits per heavy atom. The fourth-order valence-corrected chi connectivity index (χ4v) is 6.08. The second kappa shape index (κ2) is 11.8. The van der Waals surface area contributed by atoms with Crippen LogP contribution < -0.4 is 11.1 Å². The Hall–Kier alpha value is -3.40. The van der Waals surface area contributed by atoms with Crippen molar-refractivity contribution in [2.75, 3.05) is 18.8 Å². The number of nitrogens with two attached hydrogens (primary N) is 1. The number of nitrogen functional groups attached to an aromatic ring is 1. The molecule has 0 heterocycles. The molecule has 1 amide bonds. The third-order valence-electron chi connectivity index (χ3n) is 6.13. The molecule has 0 spiro atoms. The van der Waals surface area contributed by atoms with Crippen molar-refractivity contribution in [1.82, 2.24) is 9.62 Å². The predicted molar refractivity (Wildman–Crippen MR) is 144 cm³/mol. The van der Waals surface area contributed by atoms with Crippen LogP contribution in [0.3, 0.4) is 0 Å². The Morgan fingerprint density at radius 3 is 2.38 bits per heavy atom. The van der Waals surface area contributed by atoms with Gasteiger partial charge >= 0.3 is 0 Å². The van der Waals surface area contributed by atoms with Crippen molar-refractivity contribution >= 4 is 21.6 Å². The topological polar surface area (TPSA) is 133 Å². The summed E-state index contributed by atoms with van der Waals surface area (Å²) in [6.45, 7) is 5.44. The largest absolute Gasteiger partial charge is 0.508 e.